The van der Waals surface area contributed by atoms with Crippen molar-refractivity contribution in [2.45, 2.75) is 45.8 Å². The van der Waals surface area contributed by atoms with Gasteiger partial charge in [0.2, 0.25) is 0 Å². The van der Waals surface area contributed by atoms with Gasteiger partial charge in [-0.15, -0.1) is 0 Å². The van der Waals surface area contributed by atoms with E-state index in [1.807, 2.05) is 6.92 Å². The molecular formula is C11H16O3. The van der Waals surface area contributed by atoms with Crippen LogP contribution in [0.1, 0.15) is 40.0 Å². The van der Waals surface area contributed by atoms with Crippen LogP contribution in [0, 0.1) is 17.8 Å². The molecule has 0 N–H and O–H groups in total. The van der Waals surface area contributed by atoms with Gasteiger partial charge >= 0.3 is 11.9 Å². The van der Waals surface area contributed by atoms with Gasteiger partial charge in [-0.1, -0.05) is 26.7 Å². The van der Waals surface area contributed by atoms with Gasteiger partial charge in [-0.2, -0.15) is 0 Å². The lowest BCUT2D eigenvalue weighted by Gasteiger charge is -2.35. The molecule has 0 atom stereocenters. The molecule has 0 aromatic heterocycles. The van der Waals surface area contributed by atoms with Crippen molar-refractivity contribution in [1.82, 2.24) is 0 Å². The molecule has 1 aliphatic heterocycles. The fourth-order valence-electron chi connectivity index (χ4n) is 1.19. The van der Waals surface area contributed by atoms with E-state index in [2.05, 4.69) is 25.7 Å². The van der Waals surface area contributed by atoms with Crippen molar-refractivity contribution in [3.05, 3.63) is 0 Å². The first-order valence-electron chi connectivity index (χ1n) is 5.00. The molecular weight excluding hydrogens is 180 g/mol. The lowest BCUT2D eigenvalue weighted by atomic mass is 10.0. The Morgan fingerprint density at radius 2 is 2.07 bits per heavy atom. The second-order valence-electron chi connectivity index (χ2n) is 3.79. The van der Waals surface area contributed by atoms with Crippen LogP contribution in [0.25, 0.3) is 0 Å². The van der Waals surface area contributed by atoms with Gasteiger partial charge in [-0.05, 0) is 18.3 Å². The standard InChI is InChI=1S/C11H16O3/c1-4-5-7-11(8-6-9(2)3)13-10(12)14-11/h9H,4,6,8H2,1-3H3. The number of rotatable bonds is 3. The van der Waals surface area contributed by atoms with Crippen LogP contribution in [0.15, 0.2) is 0 Å². The van der Waals surface area contributed by atoms with E-state index in [-0.39, 0.29) is 0 Å². The van der Waals surface area contributed by atoms with Gasteiger partial charge in [0.05, 0.1) is 0 Å². The fourth-order valence-corrected chi connectivity index (χ4v) is 1.19. The van der Waals surface area contributed by atoms with E-state index in [9.17, 15) is 4.79 Å². The highest BCUT2D eigenvalue weighted by Gasteiger charge is 2.47. The minimum absolute atomic E-state index is 0.554. The largest absolute Gasteiger partial charge is 0.516 e. The van der Waals surface area contributed by atoms with Gasteiger partial charge in [0.1, 0.15) is 0 Å². The van der Waals surface area contributed by atoms with Crippen molar-refractivity contribution in [2.75, 3.05) is 0 Å². The van der Waals surface area contributed by atoms with Crippen LogP contribution in [-0.2, 0) is 9.47 Å². The van der Waals surface area contributed by atoms with Crippen molar-refractivity contribution < 1.29 is 14.3 Å². The topological polar surface area (TPSA) is 35.5 Å². The second kappa shape index (κ2) is 4.36. The molecule has 1 rings (SSSR count). The predicted octanol–water partition coefficient (Wildman–Crippen LogP) is 2.70. The molecule has 3 heteroatoms. The Labute approximate surface area is 84.8 Å². The van der Waals surface area contributed by atoms with Crippen molar-refractivity contribution in [3.8, 4) is 11.8 Å². The summed E-state index contributed by atoms with van der Waals surface area (Å²) >= 11 is 0. The summed E-state index contributed by atoms with van der Waals surface area (Å²) in [4.78, 5) is 10.6. The molecule has 0 spiro atoms. The van der Waals surface area contributed by atoms with E-state index in [0.717, 1.165) is 12.8 Å². The summed E-state index contributed by atoms with van der Waals surface area (Å²) in [5.41, 5.74) is 0. The Morgan fingerprint density at radius 3 is 2.50 bits per heavy atom. The van der Waals surface area contributed by atoms with Crippen LogP contribution in [-0.4, -0.2) is 11.9 Å². The third kappa shape index (κ3) is 2.66. The summed E-state index contributed by atoms with van der Waals surface area (Å²) in [6, 6.07) is 0. The summed E-state index contributed by atoms with van der Waals surface area (Å²) in [6.07, 6.45) is 1.72. The number of cyclic esters (lactones) is 2. The number of carbonyl (C=O) groups is 1. The van der Waals surface area contributed by atoms with E-state index in [1.54, 1.807) is 0 Å². The van der Waals surface area contributed by atoms with E-state index in [0.29, 0.717) is 12.3 Å². The van der Waals surface area contributed by atoms with Gasteiger partial charge in [0.15, 0.2) is 0 Å². The van der Waals surface area contributed by atoms with E-state index >= 15 is 0 Å². The first-order chi connectivity index (χ1) is 6.58. The third-order valence-corrected chi connectivity index (χ3v) is 2.00. The number of hydrogen-bond acceptors (Lipinski definition) is 3. The third-order valence-electron chi connectivity index (χ3n) is 2.00. The van der Waals surface area contributed by atoms with Gasteiger partial charge < -0.3 is 9.47 Å². The summed E-state index contributed by atoms with van der Waals surface area (Å²) in [5, 5.41) is 0. The SMILES string of the molecule is CCC#CC1(CCC(C)C)OC(=O)O1. The molecule has 3 nitrogen and oxygen atoms in total. The zero-order valence-electron chi connectivity index (χ0n) is 8.92. The molecule has 0 bridgehead atoms. The molecule has 1 fully saturated rings. The highest BCUT2D eigenvalue weighted by atomic mass is 16.9. The summed E-state index contributed by atoms with van der Waals surface area (Å²) in [7, 11) is 0. The summed E-state index contributed by atoms with van der Waals surface area (Å²) < 4.78 is 9.89. The lowest BCUT2D eigenvalue weighted by Crippen LogP contribution is -2.49. The molecule has 1 aliphatic rings. The van der Waals surface area contributed by atoms with Gasteiger partial charge in [-0.25, -0.2) is 4.79 Å². The first-order valence-corrected chi connectivity index (χ1v) is 5.00. The van der Waals surface area contributed by atoms with Crippen LogP contribution < -0.4 is 0 Å². The normalized spacial score (nSPS) is 17.6. The maximum atomic E-state index is 10.6. The molecule has 0 saturated carbocycles. The lowest BCUT2D eigenvalue weighted by molar-refractivity contribution is -0.237. The molecule has 0 amide bonds. The zero-order chi connectivity index (χ0) is 10.6. The second-order valence-corrected chi connectivity index (χ2v) is 3.79. The van der Waals surface area contributed by atoms with Crippen molar-refractivity contribution in [1.29, 1.82) is 0 Å². The summed E-state index contributed by atoms with van der Waals surface area (Å²) in [5.74, 6) is 5.36. The van der Waals surface area contributed by atoms with Gasteiger partial charge in [-0.3, -0.25) is 0 Å². The predicted molar refractivity (Wildman–Crippen MR) is 52.4 cm³/mol. The van der Waals surface area contributed by atoms with Gasteiger partial charge in [0.25, 0.3) is 0 Å². The first kappa shape index (κ1) is 10.9. The molecule has 0 unspecified atom stereocenters. The van der Waals surface area contributed by atoms with Crippen LogP contribution >= 0.6 is 0 Å². The van der Waals surface area contributed by atoms with Gasteiger partial charge in [0, 0.05) is 12.8 Å². The summed E-state index contributed by atoms with van der Waals surface area (Å²) in [6.45, 7) is 6.17. The molecule has 0 radical (unpaired) electrons. The molecule has 14 heavy (non-hydrogen) atoms. The molecule has 0 aromatic carbocycles. The quantitative estimate of drug-likeness (QED) is 0.514. The van der Waals surface area contributed by atoms with Crippen molar-refractivity contribution >= 4 is 6.16 Å². The Bertz CT molecular complexity index is 262. The Kier molecular flexibility index (Phi) is 3.40. The zero-order valence-corrected chi connectivity index (χ0v) is 8.92. The van der Waals surface area contributed by atoms with Crippen molar-refractivity contribution in [3.63, 3.8) is 0 Å². The highest BCUT2D eigenvalue weighted by Crippen LogP contribution is 2.30. The maximum Gasteiger partial charge on any atom is 0.516 e. The van der Waals surface area contributed by atoms with Crippen LogP contribution in [0.4, 0.5) is 4.79 Å². The van der Waals surface area contributed by atoms with Crippen LogP contribution in [0.5, 0.6) is 0 Å². The molecule has 1 saturated heterocycles. The monoisotopic (exact) mass is 196 g/mol. The average molecular weight is 196 g/mol. The Balaban J connectivity index is 2.51. The van der Waals surface area contributed by atoms with E-state index in [4.69, 9.17) is 9.47 Å². The van der Waals surface area contributed by atoms with E-state index < -0.39 is 11.9 Å². The molecule has 0 aliphatic carbocycles. The molecule has 1 heterocycles. The van der Waals surface area contributed by atoms with E-state index in [1.165, 1.54) is 0 Å². The fraction of sp³-hybridized carbons (Fsp3) is 0.727. The van der Waals surface area contributed by atoms with Crippen LogP contribution in [0.2, 0.25) is 0 Å². The number of carbonyl (C=O) groups excluding carboxylic acids is 1. The Morgan fingerprint density at radius 1 is 1.43 bits per heavy atom. The van der Waals surface area contributed by atoms with Crippen molar-refractivity contribution in [2.24, 2.45) is 5.92 Å². The smallest absolute Gasteiger partial charge is 0.379 e. The number of hydrogen-bond donors (Lipinski definition) is 0. The minimum atomic E-state index is -0.933. The highest BCUT2D eigenvalue weighted by molar-refractivity contribution is 5.67. The maximum absolute atomic E-state index is 10.6. The molecule has 78 valence electrons. The van der Waals surface area contributed by atoms with Crippen LogP contribution in [0.3, 0.4) is 0 Å². The Hall–Kier alpha value is -1.17. The molecule has 0 aromatic rings. The average Bonchev–Trinajstić information content (AvgIpc) is 2.08. The minimum Gasteiger partial charge on any atom is -0.379 e. The number of ether oxygens (including phenoxy) is 2.